The van der Waals surface area contributed by atoms with Gasteiger partial charge in [0.15, 0.2) is 0 Å². The van der Waals surface area contributed by atoms with Crippen LogP contribution >= 0.6 is 0 Å². The summed E-state index contributed by atoms with van der Waals surface area (Å²) in [6.07, 6.45) is 5.28. The number of H-pyrrole nitrogens is 1. The molecule has 5 rings (SSSR count). The van der Waals surface area contributed by atoms with Crippen molar-refractivity contribution in [1.29, 1.82) is 0 Å². The van der Waals surface area contributed by atoms with Crippen LogP contribution in [0.15, 0.2) is 53.6 Å². The van der Waals surface area contributed by atoms with E-state index in [1.54, 1.807) is 17.0 Å². The number of ether oxygens (including phenoxy) is 1. The number of para-hydroxylation sites is 2. The molecule has 1 fully saturated rings. The minimum atomic E-state index is -4.00. The number of rotatable bonds is 9. The van der Waals surface area contributed by atoms with Crippen LogP contribution in [-0.4, -0.2) is 73.8 Å². The molecule has 2 atom stereocenters. The Balaban J connectivity index is 1.41. The summed E-state index contributed by atoms with van der Waals surface area (Å²) in [5, 5.41) is 4.31. The second-order valence-electron chi connectivity index (χ2n) is 11.5. The summed E-state index contributed by atoms with van der Waals surface area (Å²) in [6.45, 7) is 5.71. The van der Waals surface area contributed by atoms with Gasteiger partial charge in [-0.2, -0.15) is 4.31 Å². The molecule has 0 spiro atoms. The first-order chi connectivity index (χ1) is 19.6. The largest absolute Gasteiger partial charge is 0.466 e. The summed E-state index contributed by atoms with van der Waals surface area (Å²) in [5.41, 5.74) is 3.47. The number of likely N-dealkylation sites (N-methyl/N-ethyl adjacent to an activating group) is 1. The van der Waals surface area contributed by atoms with Crippen LogP contribution in [0, 0.1) is 11.8 Å². The van der Waals surface area contributed by atoms with Gasteiger partial charge in [-0.3, -0.25) is 9.59 Å². The third kappa shape index (κ3) is 6.28. The van der Waals surface area contributed by atoms with Crippen LogP contribution in [0.4, 0.5) is 5.69 Å². The van der Waals surface area contributed by atoms with Gasteiger partial charge in [0.05, 0.1) is 12.3 Å². The predicted octanol–water partition coefficient (Wildman–Crippen LogP) is 4.20. The minimum absolute atomic E-state index is 0.189. The zero-order valence-corrected chi connectivity index (χ0v) is 24.9. The van der Waals surface area contributed by atoms with Crippen molar-refractivity contribution >= 4 is 38.5 Å². The number of fused-ring (bicyclic) bond motifs is 2. The van der Waals surface area contributed by atoms with E-state index in [-0.39, 0.29) is 23.2 Å². The number of aromatic amines is 1. The Bertz CT molecular complexity index is 1510. The topological polar surface area (TPSA) is 112 Å². The van der Waals surface area contributed by atoms with Crippen molar-refractivity contribution in [2.45, 2.75) is 56.9 Å². The molecule has 2 N–H and O–H groups in total. The zero-order chi connectivity index (χ0) is 29.1. The molecule has 220 valence electrons. The third-order valence-corrected chi connectivity index (χ3v) is 10.4. The van der Waals surface area contributed by atoms with Crippen LogP contribution in [0.5, 0.6) is 0 Å². The van der Waals surface area contributed by atoms with Crippen molar-refractivity contribution in [3.05, 3.63) is 59.8 Å². The van der Waals surface area contributed by atoms with Crippen molar-refractivity contribution in [3.8, 4) is 0 Å². The Morgan fingerprint density at radius 3 is 2.63 bits per heavy atom. The average molecular weight is 581 g/mol. The number of carbonyl (C=O) groups is 2. The van der Waals surface area contributed by atoms with Gasteiger partial charge in [0.25, 0.3) is 0 Å². The molecule has 2 aliphatic heterocycles. The van der Waals surface area contributed by atoms with Crippen LogP contribution in [0.2, 0.25) is 0 Å². The van der Waals surface area contributed by atoms with E-state index in [1.165, 1.54) is 18.3 Å². The van der Waals surface area contributed by atoms with Crippen molar-refractivity contribution in [2.75, 3.05) is 38.6 Å². The lowest BCUT2D eigenvalue weighted by atomic mass is 9.93. The van der Waals surface area contributed by atoms with Gasteiger partial charge in [-0.1, -0.05) is 37.3 Å². The van der Waals surface area contributed by atoms with E-state index in [9.17, 15) is 18.0 Å². The van der Waals surface area contributed by atoms with Crippen molar-refractivity contribution in [2.24, 2.45) is 11.8 Å². The summed E-state index contributed by atoms with van der Waals surface area (Å²) < 4.78 is 34.8. The fourth-order valence-electron chi connectivity index (χ4n) is 6.11. The summed E-state index contributed by atoms with van der Waals surface area (Å²) >= 11 is 0. The van der Waals surface area contributed by atoms with Crippen molar-refractivity contribution < 1.29 is 22.7 Å². The highest BCUT2D eigenvalue weighted by atomic mass is 32.2. The molecule has 2 aliphatic rings. The molecule has 2 aromatic carbocycles. The smallest absolute Gasteiger partial charge is 0.302 e. The molecule has 1 aromatic heterocycles. The lowest BCUT2D eigenvalue weighted by Crippen LogP contribution is -2.52. The summed E-state index contributed by atoms with van der Waals surface area (Å²) in [6, 6.07) is 12.3. The number of aromatic nitrogens is 1. The van der Waals surface area contributed by atoms with E-state index in [0.717, 1.165) is 47.7 Å². The van der Waals surface area contributed by atoms with Crippen LogP contribution < -0.4 is 5.32 Å². The number of nitrogens with zero attached hydrogens (tertiary/aromatic N) is 2. The van der Waals surface area contributed by atoms with Crippen molar-refractivity contribution in [1.82, 2.24) is 14.2 Å². The van der Waals surface area contributed by atoms with E-state index in [4.69, 9.17) is 4.74 Å². The number of benzene rings is 2. The van der Waals surface area contributed by atoms with Gasteiger partial charge < -0.3 is 19.9 Å². The SMILES string of the molecule is CC(=O)OCCC1CCN(C(=O)[C@H](Cc2c[nH]c3ccccc23)N(C)S(=O)(=O)c2cccc3c2NC[C@@H](C)C3)CC1. The van der Waals surface area contributed by atoms with Crippen LogP contribution in [-0.2, 0) is 37.2 Å². The molecule has 0 aliphatic carbocycles. The van der Waals surface area contributed by atoms with Gasteiger partial charge in [0, 0.05) is 57.1 Å². The number of piperidine rings is 1. The van der Waals surface area contributed by atoms with E-state index in [2.05, 4.69) is 17.2 Å². The molecule has 0 saturated carbocycles. The monoisotopic (exact) mass is 580 g/mol. The fraction of sp³-hybridized carbons (Fsp3) is 0.484. The number of esters is 1. The van der Waals surface area contributed by atoms with E-state index in [1.807, 2.05) is 36.5 Å². The van der Waals surface area contributed by atoms with Gasteiger partial charge in [-0.25, -0.2) is 8.42 Å². The number of sulfonamides is 1. The summed E-state index contributed by atoms with van der Waals surface area (Å²) in [4.78, 5) is 30.5. The summed E-state index contributed by atoms with van der Waals surface area (Å²) in [7, 11) is -2.47. The fourth-order valence-corrected chi connectivity index (χ4v) is 7.63. The quantitative estimate of drug-likeness (QED) is 0.367. The minimum Gasteiger partial charge on any atom is -0.466 e. The highest BCUT2D eigenvalue weighted by Crippen LogP contribution is 2.34. The van der Waals surface area contributed by atoms with Gasteiger partial charge in [-0.15, -0.1) is 0 Å². The number of likely N-dealkylation sites (tertiary alicyclic amines) is 1. The maximum absolute atomic E-state index is 14.2. The molecule has 0 radical (unpaired) electrons. The standard InChI is InChI=1S/C31H40N4O5S/c1-21-17-24-7-6-10-29(30(24)33-19-21)41(38,39)34(3)28(18-25-20-32-27-9-5-4-8-26(25)27)31(37)35-14-11-23(12-15-35)13-16-40-22(2)36/h4-10,20-21,23,28,32-33H,11-19H2,1-3H3/t21-,28-/m0/s1. The number of hydrogen-bond donors (Lipinski definition) is 2. The van der Waals surface area contributed by atoms with E-state index in [0.29, 0.717) is 43.8 Å². The third-order valence-electron chi connectivity index (χ3n) is 8.54. The Morgan fingerprint density at radius 2 is 1.88 bits per heavy atom. The number of hydrogen-bond acceptors (Lipinski definition) is 6. The first kappa shape index (κ1) is 29.1. The van der Waals surface area contributed by atoms with Crippen molar-refractivity contribution in [3.63, 3.8) is 0 Å². The normalized spacial score (nSPS) is 18.6. The Morgan fingerprint density at radius 1 is 1.12 bits per heavy atom. The molecular formula is C31H40N4O5S. The number of anilines is 1. The van der Waals surface area contributed by atoms with Gasteiger partial charge in [0.2, 0.25) is 15.9 Å². The molecule has 10 heteroatoms. The Hall–Kier alpha value is -3.37. The molecule has 3 aromatic rings. The zero-order valence-electron chi connectivity index (χ0n) is 24.1. The summed E-state index contributed by atoms with van der Waals surface area (Å²) in [5.74, 6) is 0.292. The number of nitrogens with one attached hydrogen (secondary N) is 2. The van der Waals surface area contributed by atoms with Crippen LogP contribution in [0.1, 0.15) is 44.2 Å². The van der Waals surface area contributed by atoms with Gasteiger partial charge in [0.1, 0.15) is 10.9 Å². The molecule has 9 nitrogen and oxygen atoms in total. The highest BCUT2D eigenvalue weighted by Gasteiger charge is 2.38. The molecular weight excluding hydrogens is 540 g/mol. The van der Waals surface area contributed by atoms with Gasteiger partial charge in [-0.05, 0) is 60.8 Å². The Kier molecular flexibility index (Phi) is 8.70. The lowest BCUT2D eigenvalue weighted by Gasteiger charge is -2.37. The first-order valence-corrected chi connectivity index (χ1v) is 15.9. The van der Waals surface area contributed by atoms with E-state index >= 15 is 0 Å². The molecule has 1 amide bonds. The second-order valence-corrected chi connectivity index (χ2v) is 13.4. The average Bonchev–Trinajstić information content (AvgIpc) is 3.37. The van der Waals surface area contributed by atoms with E-state index < -0.39 is 16.1 Å². The molecule has 0 unspecified atom stereocenters. The molecule has 41 heavy (non-hydrogen) atoms. The maximum atomic E-state index is 14.2. The Labute approximate surface area is 242 Å². The molecule has 0 bridgehead atoms. The van der Waals surface area contributed by atoms with Crippen LogP contribution in [0.25, 0.3) is 10.9 Å². The van der Waals surface area contributed by atoms with Gasteiger partial charge >= 0.3 is 5.97 Å². The predicted molar refractivity (Wildman–Crippen MR) is 159 cm³/mol. The highest BCUT2D eigenvalue weighted by molar-refractivity contribution is 7.89. The second kappa shape index (κ2) is 12.2. The maximum Gasteiger partial charge on any atom is 0.302 e. The first-order valence-electron chi connectivity index (χ1n) is 14.5. The number of carbonyl (C=O) groups excluding carboxylic acids is 2. The lowest BCUT2D eigenvalue weighted by molar-refractivity contribution is -0.141. The van der Waals surface area contributed by atoms with Crippen LogP contribution in [0.3, 0.4) is 0 Å². The molecule has 1 saturated heterocycles. The number of amides is 1. The molecule has 3 heterocycles.